The molecule has 34 heavy (non-hydrogen) atoms. The fourth-order valence-corrected chi connectivity index (χ4v) is 3.05. The minimum atomic E-state index is -4.39. The van der Waals surface area contributed by atoms with Crippen LogP contribution in [0.25, 0.3) is 0 Å². The van der Waals surface area contributed by atoms with Gasteiger partial charge in [-0.3, -0.25) is 9.79 Å². The number of nitrogens with one attached hydrogen (secondary N) is 2. The number of hydrogen-bond acceptors (Lipinski definition) is 3. The molecule has 0 saturated heterocycles. The molecule has 1 rings (SSSR count). The molecule has 0 aromatic heterocycles. The Balaban J connectivity index is 2.59. The predicted molar refractivity (Wildman–Crippen MR) is 133 cm³/mol. The Hall–Kier alpha value is -3.13. The normalized spacial score (nSPS) is 13.0. The Bertz CT molecular complexity index is 902. The van der Waals surface area contributed by atoms with E-state index in [0.29, 0.717) is 5.56 Å². The van der Waals surface area contributed by atoms with E-state index in [-0.39, 0.29) is 25.5 Å². The SMILES string of the molecule is C=CN(/C=N\CNC(=O)C/C=C/C(CC)=C(\C=C/CC)CNC)Cc1cccc(C(F)(F)F)c1. The quantitative estimate of drug-likeness (QED) is 0.209. The Kier molecular flexibility index (Phi) is 13.3. The lowest BCUT2D eigenvalue weighted by molar-refractivity contribution is -0.137. The second kappa shape index (κ2) is 15.7. The maximum Gasteiger partial charge on any atom is 0.416 e. The van der Waals surface area contributed by atoms with Crippen molar-refractivity contribution < 1.29 is 18.0 Å². The van der Waals surface area contributed by atoms with Gasteiger partial charge in [-0.1, -0.05) is 56.9 Å². The molecule has 8 heteroatoms. The van der Waals surface area contributed by atoms with Crippen molar-refractivity contribution in [2.24, 2.45) is 4.99 Å². The first-order valence-corrected chi connectivity index (χ1v) is 11.3. The van der Waals surface area contributed by atoms with Gasteiger partial charge in [0.15, 0.2) is 0 Å². The van der Waals surface area contributed by atoms with Gasteiger partial charge in [-0.15, -0.1) is 0 Å². The summed E-state index contributed by atoms with van der Waals surface area (Å²) in [6, 6.07) is 5.10. The first-order valence-electron chi connectivity index (χ1n) is 11.3. The number of amides is 1. The summed E-state index contributed by atoms with van der Waals surface area (Å²) in [6.07, 6.45) is 8.57. The number of benzene rings is 1. The number of aliphatic imine (C=N–C) groups is 1. The zero-order valence-electron chi connectivity index (χ0n) is 20.2. The monoisotopic (exact) mass is 476 g/mol. The van der Waals surface area contributed by atoms with Crippen LogP contribution in [0.3, 0.4) is 0 Å². The lowest BCUT2D eigenvalue weighted by atomic mass is 10.0. The molecule has 0 radical (unpaired) electrons. The van der Waals surface area contributed by atoms with Crippen LogP contribution in [0.2, 0.25) is 0 Å². The fourth-order valence-electron chi connectivity index (χ4n) is 3.05. The van der Waals surface area contributed by atoms with Crippen LogP contribution in [0, 0.1) is 0 Å². The van der Waals surface area contributed by atoms with Gasteiger partial charge in [0, 0.05) is 19.5 Å². The van der Waals surface area contributed by atoms with Gasteiger partial charge >= 0.3 is 6.18 Å². The summed E-state index contributed by atoms with van der Waals surface area (Å²) in [4.78, 5) is 17.8. The van der Waals surface area contributed by atoms with E-state index in [1.165, 1.54) is 29.8 Å². The molecule has 0 spiro atoms. The number of carbonyl (C=O) groups excluding carboxylic acids is 1. The highest BCUT2D eigenvalue weighted by Crippen LogP contribution is 2.29. The van der Waals surface area contributed by atoms with Crippen molar-refractivity contribution in [2.45, 2.75) is 45.8 Å². The van der Waals surface area contributed by atoms with Crippen LogP contribution in [0.5, 0.6) is 0 Å². The predicted octanol–water partition coefficient (Wildman–Crippen LogP) is 5.59. The van der Waals surface area contributed by atoms with Gasteiger partial charge in [0.1, 0.15) is 6.67 Å². The van der Waals surface area contributed by atoms with E-state index in [2.05, 4.69) is 48.2 Å². The van der Waals surface area contributed by atoms with E-state index in [1.54, 1.807) is 11.0 Å². The highest BCUT2D eigenvalue weighted by atomic mass is 19.4. The summed E-state index contributed by atoms with van der Waals surface area (Å²) in [5, 5.41) is 5.86. The lowest BCUT2D eigenvalue weighted by Gasteiger charge is -2.15. The first kappa shape index (κ1) is 28.9. The molecule has 5 nitrogen and oxygen atoms in total. The Labute approximate surface area is 200 Å². The summed E-state index contributed by atoms with van der Waals surface area (Å²) in [6.45, 7) is 8.81. The number of likely N-dealkylation sites (N-methyl/N-ethyl adjacent to an activating group) is 1. The highest BCUT2D eigenvalue weighted by molar-refractivity contribution is 5.77. The van der Waals surface area contributed by atoms with Crippen LogP contribution in [-0.4, -0.2) is 37.4 Å². The van der Waals surface area contributed by atoms with Gasteiger partial charge in [0.2, 0.25) is 5.91 Å². The van der Waals surface area contributed by atoms with E-state index in [0.717, 1.165) is 31.5 Å². The standard InChI is InChI=1S/C26H35F3N4O/c1-5-8-12-23(17-30-4)22(6-2)13-10-15-25(34)32-19-31-20-33(7-3)18-21-11-9-14-24(16-21)26(27,28)29/h7-14,16,20,30H,3,5-6,15,17-19H2,1-2,4H3,(H,32,34)/b12-8-,13-10+,23-22+,31-20-. The zero-order valence-corrected chi connectivity index (χ0v) is 20.2. The molecule has 1 aromatic rings. The van der Waals surface area contributed by atoms with Gasteiger partial charge in [0.05, 0.1) is 11.9 Å². The molecule has 0 unspecified atom stereocenters. The maximum atomic E-state index is 12.9. The third kappa shape index (κ3) is 11.1. The Morgan fingerprint density at radius 3 is 2.53 bits per heavy atom. The van der Waals surface area contributed by atoms with Crippen molar-refractivity contribution in [2.75, 3.05) is 20.3 Å². The molecule has 0 aliphatic carbocycles. The molecular weight excluding hydrogens is 441 g/mol. The van der Waals surface area contributed by atoms with Gasteiger partial charge in [0.25, 0.3) is 0 Å². The summed E-state index contributed by atoms with van der Waals surface area (Å²) in [5.74, 6) is -0.175. The van der Waals surface area contributed by atoms with Crippen molar-refractivity contribution in [1.29, 1.82) is 0 Å². The van der Waals surface area contributed by atoms with Crippen molar-refractivity contribution in [3.8, 4) is 0 Å². The van der Waals surface area contributed by atoms with Gasteiger partial charge < -0.3 is 15.5 Å². The first-order chi connectivity index (χ1) is 16.2. The molecule has 0 bridgehead atoms. The molecule has 0 aliphatic rings. The van der Waals surface area contributed by atoms with Gasteiger partial charge in [-0.05, 0) is 54.9 Å². The number of carbonyl (C=O) groups is 1. The van der Waals surface area contributed by atoms with Crippen molar-refractivity contribution >= 4 is 12.2 Å². The van der Waals surface area contributed by atoms with E-state index >= 15 is 0 Å². The Morgan fingerprint density at radius 1 is 1.18 bits per heavy atom. The molecule has 1 amide bonds. The van der Waals surface area contributed by atoms with Crippen molar-refractivity contribution in [3.63, 3.8) is 0 Å². The number of hydrogen-bond donors (Lipinski definition) is 2. The molecule has 186 valence electrons. The van der Waals surface area contributed by atoms with Crippen molar-refractivity contribution in [3.05, 3.63) is 83.6 Å². The van der Waals surface area contributed by atoms with Crippen LogP contribution in [0.15, 0.2) is 77.5 Å². The number of nitrogens with zero attached hydrogens (tertiary/aromatic N) is 2. The van der Waals surface area contributed by atoms with Crippen LogP contribution >= 0.6 is 0 Å². The second-order valence-electron chi connectivity index (χ2n) is 7.46. The smallest absolute Gasteiger partial charge is 0.337 e. The molecule has 0 fully saturated rings. The molecule has 0 saturated carbocycles. The van der Waals surface area contributed by atoms with Crippen LogP contribution in [0.4, 0.5) is 13.2 Å². The number of allylic oxidation sites excluding steroid dienone is 3. The van der Waals surface area contributed by atoms with Crippen LogP contribution in [-0.2, 0) is 17.5 Å². The molecule has 2 N–H and O–H groups in total. The average Bonchev–Trinajstić information content (AvgIpc) is 2.81. The van der Waals surface area contributed by atoms with Crippen LogP contribution < -0.4 is 10.6 Å². The second-order valence-corrected chi connectivity index (χ2v) is 7.46. The van der Waals surface area contributed by atoms with E-state index in [1.807, 2.05) is 19.2 Å². The maximum absolute atomic E-state index is 12.9. The number of halogens is 3. The third-order valence-electron chi connectivity index (χ3n) is 4.79. The van der Waals surface area contributed by atoms with E-state index < -0.39 is 11.7 Å². The van der Waals surface area contributed by atoms with Gasteiger partial charge in [-0.2, -0.15) is 13.2 Å². The molecule has 0 atom stereocenters. The number of rotatable bonds is 14. The molecule has 0 heterocycles. The lowest BCUT2D eigenvalue weighted by Crippen LogP contribution is -2.23. The van der Waals surface area contributed by atoms with E-state index in [9.17, 15) is 18.0 Å². The summed E-state index contributed by atoms with van der Waals surface area (Å²) < 4.78 is 38.6. The van der Waals surface area contributed by atoms with Crippen molar-refractivity contribution in [1.82, 2.24) is 15.5 Å². The minimum Gasteiger partial charge on any atom is -0.337 e. The average molecular weight is 477 g/mol. The van der Waals surface area contributed by atoms with E-state index in [4.69, 9.17) is 0 Å². The minimum absolute atomic E-state index is 0.0559. The summed E-state index contributed by atoms with van der Waals surface area (Å²) in [7, 11) is 1.90. The third-order valence-corrected chi connectivity index (χ3v) is 4.79. The molecule has 0 aliphatic heterocycles. The van der Waals surface area contributed by atoms with Gasteiger partial charge in [-0.25, -0.2) is 0 Å². The molecule has 1 aromatic carbocycles. The Morgan fingerprint density at radius 2 is 1.91 bits per heavy atom. The highest BCUT2D eigenvalue weighted by Gasteiger charge is 2.30. The number of alkyl halides is 3. The summed E-state index contributed by atoms with van der Waals surface area (Å²) in [5.41, 5.74) is 2.13. The summed E-state index contributed by atoms with van der Waals surface area (Å²) >= 11 is 0. The van der Waals surface area contributed by atoms with Crippen LogP contribution in [0.1, 0.15) is 44.2 Å². The topological polar surface area (TPSA) is 56.7 Å². The molecular formula is C26H35F3N4O. The fraction of sp³-hybridized carbons (Fsp3) is 0.385. The zero-order chi connectivity index (χ0) is 25.4. The largest absolute Gasteiger partial charge is 0.416 e.